The lowest BCUT2D eigenvalue weighted by Gasteiger charge is -2.23. The Bertz CT molecular complexity index is 432. The lowest BCUT2D eigenvalue weighted by atomic mass is 9.92. The van der Waals surface area contributed by atoms with Crippen molar-refractivity contribution in [3.63, 3.8) is 0 Å². The summed E-state index contributed by atoms with van der Waals surface area (Å²) in [5.41, 5.74) is 7.28. The van der Waals surface area contributed by atoms with Gasteiger partial charge < -0.3 is 10.5 Å². The van der Waals surface area contributed by atoms with Gasteiger partial charge >= 0.3 is 5.97 Å². The topological polar surface area (TPSA) is 52.3 Å². The lowest BCUT2D eigenvalue weighted by molar-refractivity contribution is -0.150. The summed E-state index contributed by atoms with van der Waals surface area (Å²) in [4.78, 5) is 11.4. The Balaban J connectivity index is 2.80. The van der Waals surface area contributed by atoms with Gasteiger partial charge in [-0.15, -0.1) is 0 Å². The van der Waals surface area contributed by atoms with Gasteiger partial charge in [0.15, 0.2) is 0 Å². The van der Waals surface area contributed by atoms with Crippen LogP contribution in [0.15, 0.2) is 18.2 Å². The number of esters is 1. The molecule has 0 radical (unpaired) electrons. The molecule has 0 aliphatic rings. The van der Waals surface area contributed by atoms with E-state index in [4.69, 9.17) is 10.5 Å². The molecular weight excluding hydrogens is 233 g/mol. The summed E-state index contributed by atoms with van der Waals surface area (Å²) >= 11 is 0. The molecule has 1 aromatic rings. The van der Waals surface area contributed by atoms with E-state index in [1.807, 2.05) is 20.8 Å². The zero-order valence-electron chi connectivity index (χ0n) is 11.2. The van der Waals surface area contributed by atoms with Crippen LogP contribution in [0.2, 0.25) is 0 Å². The molecular formula is C14H20FNO2. The van der Waals surface area contributed by atoms with Gasteiger partial charge in [-0.1, -0.05) is 13.0 Å². The van der Waals surface area contributed by atoms with Gasteiger partial charge in [0.05, 0.1) is 0 Å². The quantitative estimate of drug-likeness (QED) is 0.839. The Hall–Kier alpha value is -1.42. The number of ether oxygens (including phenoxy) is 1. The fourth-order valence-corrected chi connectivity index (χ4v) is 1.80. The molecule has 3 nitrogen and oxygen atoms in total. The molecule has 1 aromatic carbocycles. The second-order valence-corrected chi connectivity index (χ2v) is 4.72. The van der Waals surface area contributed by atoms with Crippen LogP contribution in [-0.2, 0) is 9.53 Å². The first kappa shape index (κ1) is 14.6. The number of rotatable bonds is 4. The van der Waals surface area contributed by atoms with Crippen molar-refractivity contribution < 1.29 is 13.9 Å². The largest absolute Gasteiger partial charge is 0.461 e. The van der Waals surface area contributed by atoms with E-state index < -0.39 is 12.0 Å². The van der Waals surface area contributed by atoms with Crippen molar-refractivity contribution in [2.24, 2.45) is 5.73 Å². The summed E-state index contributed by atoms with van der Waals surface area (Å²) in [5.74, 6) is -0.689. The molecule has 4 heteroatoms. The highest BCUT2D eigenvalue weighted by Gasteiger charge is 2.21. The van der Waals surface area contributed by atoms with Crippen molar-refractivity contribution in [1.29, 1.82) is 0 Å². The maximum atomic E-state index is 13.0. The number of benzene rings is 1. The molecule has 1 rings (SSSR count). The summed E-state index contributed by atoms with van der Waals surface area (Å²) in [7, 11) is 0. The highest BCUT2D eigenvalue weighted by Crippen LogP contribution is 2.25. The number of carbonyl (C=O) groups is 1. The predicted molar refractivity (Wildman–Crippen MR) is 68.8 cm³/mol. The van der Waals surface area contributed by atoms with Crippen molar-refractivity contribution in [1.82, 2.24) is 0 Å². The number of hydrogen-bond acceptors (Lipinski definition) is 3. The minimum atomic E-state index is -0.631. The van der Waals surface area contributed by atoms with E-state index in [2.05, 4.69) is 0 Å². The van der Waals surface area contributed by atoms with E-state index in [9.17, 15) is 9.18 Å². The van der Waals surface area contributed by atoms with E-state index in [0.29, 0.717) is 0 Å². The summed E-state index contributed by atoms with van der Waals surface area (Å²) in [6, 6.07) is 3.99. The highest BCUT2D eigenvalue weighted by atomic mass is 19.1. The molecule has 0 aliphatic carbocycles. The van der Waals surface area contributed by atoms with Crippen molar-refractivity contribution in [2.75, 3.05) is 0 Å². The maximum Gasteiger partial charge on any atom is 0.322 e. The monoisotopic (exact) mass is 253 g/mol. The van der Waals surface area contributed by atoms with E-state index >= 15 is 0 Å². The summed E-state index contributed by atoms with van der Waals surface area (Å²) in [6.45, 7) is 7.19. The van der Waals surface area contributed by atoms with Gasteiger partial charge in [-0.3, -0.25) is 4.79 Å². The van der Waals surface area contributed by atoms with E-state index in [0.717, 1.165) is 11.1 Å². The molecule has 0 spiro atoms. The SMILES string of the molecule is Cc1cc(F)ccc1[C@@H](C)[C@H](C)OC(=O)[C@H](C)N. The predicted octanol–water partition coefficient (Wildman–Crippen LogP) is 2.52. The summed E-state index contributed by atoms with van der Waals surface area (Å²) < 4.78 is 18.3. The molecule has 3 atom stereocenters. The second kappa shape index (κ2) is 5.96. The van der Waals surface area contributed by atoms with Crippen LogP contribution >= 0.6 is 0 Å². The molecule has 0 fully saturated rings. The molecule has 0 unspecified atom stereocenters. The average molecular weight is 253 g/mol. The smallest absolute Gasteiger partial charge is 0.322 e. The van der Waals surface area contributed by atoms with Crippen LogP contribution in [0.4, 0.5) is 4.39 Å². The maximum absolute atomic E-state index is 13.0. The van der Waals surface area contributed by atoms with Gasteiger partial charge in [0.25, 0.3) is 0 Å². The van der Waals surface area contributed by atoms with Crippen LogP contribution in [0.5, 0.6) is 0 Å². The first-order chi connectivity index (χ1) is 8.32. The molecule has 0 amide bonds. The average Bonchev–Trinajstić information content (AvgIpc) is 2.27. The van der Waals surface area contributed by atoms with E-state index in [-0.39, 0.29) is 17.8 Å². The Labute approximate surface area is 107 Å². The van der Waals surface area contributed by atoms with Crippen molar-refractivity contribution in [3.05, 3.63) is 35.1 Å². The molecule has 0 saturated heterocycles. The molecule has 0 bridgehead atoms. The Kier molecular flexibility index (Phi) is 4.84. The summed E-state index contributed by atoms with van der Waals surface area (Å²) in [6.07, 6.45) is -0.298. The molecule has 0 saturated carbocycles. The van der Waals surface area contributed by atoms with Gasteiger partial charge in [-0.25, -0.2) is 4.39 Å². The third-order valence-corrected chi connectivity index (χ3v) is 3.10. The highest BCUT2D eigenvalue weighted by molar-refractivity contribution is 5.75. The van der Waals surface area contributed by atoms with Crippen molar-refractivity contribution in [2.45, 2.75) is 45.8 Å². The fraction of sp³-hybridized carbons (Fsp3) is 0.500. The van der Waals surface area contributed by atoms with Gasteiger partial charge in [0, 0.05) is 5.92 Å². The molecule has 0 aliphatic heterocycles. The van der Waals surface area contributed by atoms with Crippen LogP contribution < -0.4 is 5.73 Å². The lowest BCUT2D eigenvalue weighted by Crippen LogP contribution is -2.33. The van der Waals surface area contributed by atoms with Crippen LogP contribution in [0.3, 0.4) is 0 Å². The van der Waals surface area contributed by atoms with Crippen molar-refractivity contribution >= 4 is 5.97 Å². The normalized spacial score (nSPS) is 15.9. The zero-order chi connectivity index (χ0) is 13.9. The minimum Gasteiger partial charge on any atom is -0.461 e. The number of hydrogen-bond donors (Lipinski definition) is 1. The standard InChI is InChI=1S/C14H20FNO2/c1-8-7-12(15)5-6-13(8)9(2)11(4)18-14(17)10(3)16/h5-7,9-11H,16H2,1-4H3/t9-,10-,11-/m0/s1. The first-order valence-corrected chi connectivity index (χ1v) is 6.05. The van der Waals surface area contributed by atoms with Crippen LogP contribution in [0.25, 0.3) is 0 Å². The Morgan fingerprint density at radius 2 is 1.94 bits per heavy atom. The van der Waals surface area contributed by atoms with Crippen molar-refractivity contribution in [3.8, 4) is 0 Å². The third kappa shape index (κ3) is 3.53. The molecule has 0 heterocycles. The fourth-order valence-electron chi connectivity index (χ4n) is 1.80. The molecule has 18 heavy (non-hydrogen) atoms. The Morgan fingerprint density at radius 1 is 1.33 bits per heavy atom. The van der Waals surface area contributed by atoms with Crippen LogP contribution in [0.1, 0.15) is 37.8 Å². The van der Waals surface area contributed by atoms with Gasteiger partial charge in [-0.2, -0.15) is 0 Å². The van der Waals surface area contributed by atoms with Gasteiger partial charge in [0.1, 0.15) is 18.0 Å². The zero-order valence-corrected chi connectivity index (χ0v) is 11.2. The molecule has 0 aromatic heterocycles. The second-order valence-electron chi connectivity index (χ2n) is 4.72. The van der Waals surface area contributed by atoms with E-state index in [1.165, 1.54) is 12.1 Å². The van der Waals surface area contributed by atoms with Gasteiger partial charge in [-0.05, 0) is 44.0 Å². The molecule has 100 valence electrons. The van der Waals surface area contributed by atoms with Gasteiger partial charge in [0.2, 0.25) is 0 Å². The molecule has 2 N–H and O–H groups in total. The third-order valence-electron chi connectivity index (χ3n) is 3.10. The van der Waals surface area contributed by atoms with Crippen LogP contribution in [-0.4, -0.2) is 18.1 Å². The number of aryl methyl sites for hydroxylation is 1. The minimum absolute atomic E-state index is 0.00620. The summed E-state index contributed by atoms with van der Waals surface area (Å²) in [5, 5.41) is 0. The number of halogens is 1. The first-order valence-electron chi connectivity index (χ1n) is 6.05. The van der Waals surface area contributed by atoms with E-state index in [1.54, 1.807) is 13.0 Å². The Morgan fingerprint density at radius 3 is 2.44 bits per heavy atom. The van der Waals surface area contributed by atoms with Crippen LogP contribution in [0, 0.1) is 12.7 Å². The number of nitrogens with two attached hydrogens (primary N) is 1. The number of carbonyl (C=O) groups excluding carboxylic acids is 1.